The third-order valence-corrected chi connectivity index (χ3v) is 5.78. The van der Waals surface area contributed by atoms with Crippen molar-refractivity contribution in [2.45, 2.75) is 37.3 Å². The Morgan fingerprint density at radius 2 is 1.66 bits per heavy atom. The average molecular weight is 398 g/mol. The second-order valence-electron chi connectivity index (χ2n) is 7.32. The van der Waals surface area contributed by atoms with E-state index < -0.39 is 0 Å². The molecule has 0 radical (unpaired) electrons. The maximum Gasteiger partial charge on any atom is 0.226 e. The van der Waals surface area contributed by atoms with Crippen molar-refractivity contribution in [3.63, 3.8) is 0 Å². The number of aliphatic hydroxyl groups excluding tert-OH is 1. The quantitative estimate of drug-likeness (QED) is 0.834. The fraction of sp³-hybridized carbons (Fsp3) is 0.455. The smallest absolute Gasteiger partial charge is 0.226 e. The molecule has 2 aromatic rings. The first kappa shape index (κ1) is 19.5. The summed E-state index contributed by atoms with van der Waals surface area (Å²) in [6.07, 6.45) is 1.95. The van der Waals surface area contributed by atoms with Crippen molar-refractivity contribution < 1.29 is 24.1 Å². The Labute approximate surface area is 170 Å². The van der Waals surface area contributed by atoms with Crippen LogP contribution in [-0.4, -0.2) is 56.4 Å². The van der Waals surface area contributed by atoms with Crippen LogP contribution in [0.5, 0.6) is 23.3 Å². The van der Waals surface area contributed by atoms with Crippen LogP contribution in [0.4, 0.5) is 0 Å². The Bertz CT molecular complexity index is 943. The molecule has 0 saturated heterocycles. The van der Waals surface area contributed by atoms with Crippen LogP contribution in [0, 0.1) is 0 Å². The van der Waals surface area contributed by atoms with Crippen LogP contribution in [0.25, 0.3) is 0 Å². The lowest BCUT2D eigenvalue weighted by molar-refractivity contribution is 0.111. The van der Waals surface area contributed by atoms with E-state index in [1.54, 1.807) is 34.5 Å². The molecule has 7 nitrogen and oxygen atoms in total. The molecule has 1 fully saturated rings. The van der Waals surface area contributed by atoms with E-state index in [4.69, 9.17) is 23.9 Å². The minimum Gasteiger partial charge on any atom is -0.493 e. The van der Waals surface area contributed by atoms with Gasteiger partial charge >= 0.3 is 0 Å². The van der Waals surface area contributed by atoms with Gasteiger partial charge in [0.1, 0.15) is 0 Å². The maximum atomic E-state index is 10.3. The minimum absolute atomic E-state index is 0.0887. The van der Waals surface area contributed by atoms with E-state index in [2.05, 4.69) is 4.98 Å². The summed E-state index contributed by atoms with van der Waals surface area (Å²) in [6, 6.07) is 7.78. The van der Waals surface area contributed by atoms with Crippen molar-refractivity contribution in [2.75, 3.05) is 28.4 Å². The summed E-state index contributed by atoms with van der Waals surface area (Å²) < 4.78 is 21.9. The lowest BCUT2D eigenvalue weighted by Crippen LogP contribution is -2.34. The molecule has 0 bridgehead atoms. The summed E-state index contributed by atoms with van der Waals surface area (Å²) in [4.78, 5) is 9.52. The van der Waals surface area contributed by atoms with Crippen molar-refractivity contribution in [1.29, 1.82) is 0 Å². The van der Waals surface area contributed by atoms with Gasteiger partial charge in [-0.15, -0.1) is 0 Å². The predicted molar refractivity (Wildman–Crippen MR) is 109 cm³/mol. The van der Waals surface area contributed by atoms with Gasteiger partial charge in [0.25, 0.3) is 0 Å². The predicted octanol–water partition coefficient (Wildman–Crippen LogP) is 2.96. The second-order valence-corrected chi connectivity index (χ2v) is 7.32. The average Bonchev–Trinajstić information content (AvgIpc) is 2.77. The van der Waals surface area contributed by atoms with Crippen molar-refractivity contribution in [3.8, 4) is 23.3 Å². The lowest BCUT2D eigenvalue weighted by atomic mass is 9.74. The molecule has 1 aliphatic carbocycles. The van der Waals surface area contributed by atoms with Crippen molar-refractivity contribution >= 4 is 5.71 Å². The Morgan fingerprint density at radius 3 is 2.34 bits per heavy atom. The van der Waals surface area contributed by atoms with E-state index in [1.807, 2.05) is 18.2 Å². The number of ether oxygens (including phenoxy) is 4. The van der Waals surface area contributed by atoms with E-state index in [9.17, 15) is 5.11 Å². The highest BCUT2D eigenvalue weighted by atomic mass is 16.5. The Balaban J connectivity index is 1.92. The SMILES string of the molecule is COc1ccc(C2=NC3CCC(O)CC3c3cc(OC)c(OC)cc32)c(OC)n1. The molecule has 0 amide bonds. The normalized spacial score (nSPS) is 22.8. The topological polar surface area (TPSA) is 82.4 Å². The van der Waals surface area contributed by atoms with E-state index in [0.717, 1.165) is 35.2 Å². The molecule has 1 saturated carbocycles. The molecular formula is C22H26N2O5. The standard InChI is InChI=1S/C22H26N2O5/c1-26-18-10-14-15-9-12(25)5-7-17(15)23-21(16(14)11-19(18)27-2)13-6-8-20(28-3)24-22(13)29-4/h6,8,10-12,15,17,25H,5,7,9H2,1-4H3. The third kappa shape index (κ3) is 3.40. The summed E-state index contributed by atoms with van der Waals surface area (Å²) >= 11 is 0. The van der Waals surface area contributed by atoms with Crippen LogP contribution in [0.15, 0.2) is 29.3 Å². The Hall–Kier alpha value is -2.80. The van der Waals surface area contributed by atoms with Crippen LogP contribution in [0.3, 0.4) is 0 Å². The minimum atomic E-state index is -0.314. The number of aromatic nitrogens is 1. The van der Waals surface area contributed by atoms with Gasteiger partial charge in [-0.3, -0.25) is 4.99 Å². The number of aliphatic imine (C=N–C) groups is 1. The number of nitrogens with zero attached hydrogens (tertiary/aromatic N) is 2. The van der Waals surface area contributed by atoms with Gasteiger partial charge in [-0.1, -0.05) is 0 Å². The zero-order valence-corrected chi connectivity index (χ0v) is 17.1. The molecular weight excluding hydrogens is 372 g/mol. The molecule has 1 aliphatic heterocycles. The summed E-state index contributed by atoms with van der Waals surface area (Å²) in [5.74, 6) is 2.38. The number of benzene rings is 1. The van der Waals surface area contributed by atoms with Crippen LogP contribution >= 0.6 is 0 Å². The molecule has 1 N–H and O–H groups in total. The Kier molecular flexibility index (Phi) is 5.32. The van der Waals surface area contributed by atoms with Crippen molar-refractivity contribution in [2.24, 2.45) is 4.99 Å². The third-order valence-electron chi connectivity index (χ3n) is 5.78. The highest BCUT2D eigenvalue weighted by Crippen LogP contribution is 2.45. The summed E-state index contributed by atoms with van der Waals surface area (Å²) in [5.41, 5.74) is 3.66. The molecule has 29 heavy (non-hydrogen) atoms. The van der Waals surface area contributed by atoms with E-state index in [-0.39, 0.29) is 18.1 Å². The number of hydrogen-bond donors (Lipinski definition) is 1. The van der Waals surface area contributed by atoms with Gasteiger partial charge in [-0.25, -0.2) is 0 Å². The zero-order valence-electron chi connectivity index (χ0n) is 17.1. The monoisotopic (exact) mass is 398 g/mol. The molecule has 0 spiro atoms. The summed E-state index contributed by atoms with van der Waals surface area (Å²) in [5, 5.41) is 10.3. The fourth-order valence-electron chi connectivity index (χ4n) is 4.35. The fourth-order valence-corrected chi connectivity index (χ4v) is 4.35. The van der Waals surface area contributed by atoms with Crippen LogP contribution < -0.4 is 18.9 Å². The largest absolute Gasteiger partial charge is 0.493 e. The molecule has 2 aliphatic rings. The van der Waals surface area contributed by atoms with Gasteiger partial charge in [0.2, 0.25) is 11.8 Å². The second kappa shape index (κ2) is 7.91. The number of methoxy groups -OCH3 is 4. The number of aliphatic hydroxyl groups is 1. The molecule has 154 valence electrons. The zero-order chi connectivity index (χ0) is 20.5. The van der Waals surface area contributed by atoms with E-state index in [1.165, 1.54) is 0 Å². The number of rotatable bonds is 5. The Morgan fingerprint density at radius 1 is 0.897 bits per heavy atom. The van der Waals surface area contributed by atoms with Gasteiger partial charge in [0.15, 0.2) is 11.5 Å². The van der Waals surface area contributed by atoms with E-state index in [0.29, 0.717) is 29.7 Å². The molecule has 7 heteroatoms. The van der Waals surface area contributed by atoms with Crippen LogP contribution in [0.2, 0.25) is 0 Å². The summed E-state index contributed by atoms with van der Waals surface area (Å²) in [6.45, 7) is 0. The van der Waals surface area contributed by atoms with Crippen LogP contribution in [-0.2, 0) is 0 Å². The van der Waals surface area contributed by atoms with E-state index >= 15 is 0 Å². The van der Waals surface area contributed by atoms with Crippen molar-refractivity contribution in [3.05, 3.63) is 41.0 Å². The van der Waals surface area contributed by atoms with Crippen LogP contribution in [0.1, 0.15) is 41.9 Å². The summed E-state index contributed by atoms with van der Waals surface area (Å²) in [7, 11) is 6.41. The molecule has 1 aromatic carbocycles. The molecule has 2 heterocycles. The number of hydrogen-bond acceptors (Lipinski definition) is 7. The molecule has 3 atom stereocenters. The van der Waals surface area contributed by atoms with Gasteiger partial charge < -0.3 is 24.1 Å². The molecule has 3 unspecified atom stereocenters. The van der Waals surface area contributed by atoms with Gasteiger partial charge in [0, 0.05) is 17.5 Å². The van der Waals surface area contributed by atoms with Gasteiger partial charge in [0.05, 0.1) is 51.9 Å². The first-order chi connectivity index (χ1) is 14.1. The highest BCUT2D eigenvalue weighted by molar-refractivity contribution is 6.16. The van der Waals surface area contributed by atoms with Crippen molar-refractivity contribution in [1.82, 2.24) is 4.98 Å². The number of fused-ring (bicyclic) bond motifs is 3. The number of pyridine rings is 1. The van der Waals surface area contributed by atoms with Gasteiger partial charge in [-0.05, 0) is 43.0 Å². The van der Waals surface area contributed by atoms with Gasteiger partial charge in [-0.2, -0.15) is 4.98 Å². The molecule has 1 aromatic heterocycles. The lowest BCUT2D eigenvalue weighted by Gasteiger charge is -2.37. The highest BCUT2D eigenvalue weighted by Gasteiger charge is 2.38. The maximum absolute atomic E-state index is 10.3. The first-order valence-electron chi connectivity index (χ1n) is 9.71. The first-order valence-corrected chi connectivity index (χ1v) is 9.71. The molecule has 4 rings (SSSR count).